The predicted octanol–water partition coefficient (Wildman–Crippen LogP) is 16.5. The molecule has 3 nitrogen and oxygen atoms in total. The Morgan fingerprint density at radius 1 is 0.328 bits per heavy atom. The number of para-hydroxylation sites is 3. The summed E-state index contributed by atoms with van der Waals surface area (Å²) in [5, 5.41) is 7.41. The Morgan fingerprint density at radius 2 is 0.906 bits per heavy atom. The number of anilines is 3. The van der Waals surface area contributed by atoms with Gasteiger partial charge in [0.15, 0.2) is 0 Å². The fraction of sp³-hybridized carbons (Fsp3) is 0.0492. The normalized spacial score (nSPS) is 13.0. The van der Waals surface area contributed by atoms with Crippen LogP contribution in [0.5, 0.6) is 0 Å². The zero-order chi connectivity index (χ0) is 42.5. The van der Waals surface area contributed by atoms with Crippen LogP contribution in [0, 0.1) is 0 Å². The second-order valence-electron chi connectivity index (χ2n) is 17.8. The largest absolute Gasteiger partial charge is 0.310 e. The van der Waals surface area contributed by atoms with E-state index >= 15 is 0 Å². The number of aromatic nitrogens is 2. The van der Waals surface area contributed by atoms with Crippen molar-refractivity contribution in [3.63, 3.8) is 0 Å². The molecule has 10 aromatic carbocycles. The maximum Gasteiger partial charge on any atom is 0.0561 e. The van der Waals surface area contributed by atoms with Gasteiger partial charge in [0, 0.05) is 55.4 Å². The lowest BCUT2D eigenvalue weighted by molar-refractivity contribution is 0.660. The van der Waals surface area contributed by atoms with E-state index in [1.54, 1.807) is 0 Å². The Morgan fingerprint density at radius 3 is 1.72 bits per heavy atom. The molecule has 0 bridgehead atoms. The third-order valence-corrected chi connectivity index (χ3v) is 13.9. The van der Waals surface area contributed by atoms with E-state index < -0.39 is 0 Å². The Kier molecular flexibility index (Phi) is 7.95. The molecule has 0 aliphatic heterocycles. The lowest BCUT2D eigenvalue weighted by atomic mass is 9.82. The van der Waals surface area contributed by atoms with E-state index in [1.807, 2.05) is 0 Å². The van der Waals surface area contributed by atoms with E-state index in [4.69, 9.17) is 0 Å². The van der Waals surface area contributed by atoms with Crippen LogP contribution in [0.4, 0.5) is 17.1 Å². The molecule has 1 aliphatic carbocycles. The molecular weight excluding hydrogens is 775 g/mol. The van der Waals surface area contributed by atoms with Gasteiger partial charge in [-0.3, -0.25) is 0 Å². The summed E-state index contributed by atoms with van der Waals surface area (Å²) in [4.78, 5) is 2.42. The summed E-state index contributed by atoms with van der Waals surface area (Å²) in [6.45, 7) is 4.72. The zero-order valence-electron chi connectivity index (χ0n) is 35.7. The van der Waals surface area contributed by atoms with Crippen LogP contribution in [0.3, 0.4) is 0 Å². The molecule has 2 heterocycles. The minimum Gasteiger partial charge on any atom is -0.310 e. The highest BCUT2D eigenvalue weighted by Gasteiger charge is 2.35. The summed E-state index contributed by atoms with van der Waals surface area (Å²) >= 11 is 0. The van der Waals surface area contributed by atoms with Crippen LogP contribution in [0.2, 0.25) is 0 Å². The van der Waals surface area contributed by atoms with Crippen LogP contribution < -0.4 is 4.90 Å². The maximum absolute atomic E-state index is 2.47. The van der Waals surface area contributed by atoms with Crippen molar-refractivity contribution < 1.29 is 0 Å². The van der Waals surface area contributed by atoms with E-state index in [0.29, 0.717) is 0 Å². The number of benzene rings is 10. The van der Waals surface area contributed by atoms with Crippen LogP contribution in [0.15, 0.2) is 224 Å². The van der Waals surface area contributed by atoms with Crippen molar-refractivity contribution in [1.82, 2.24) is 9.13 Å². The fourth-order valence-electron chi connectivity index (χ4n) is 10.8. The van der Waals surface area contributed by atoms with Crippen LogP contribution >= 0.6 is 0 Å². The quantitative estimate of drug-likeness (QED) is 0.163. The van der Waals surface area contributed by atoms with Gasteiger partial charge in [0.1, 0.15) is 0 Å². The van der Waals surface area contributed by atoms with Gasteiger partial charge in [-0.15, -0.1) is 0 Å². The molecule has 2 aromatic heterocycles. The standard InChI is InChI=1S/C61H43N3/c1-61(2)55-24-11-8-21-49(55)50-33-30-47(38-56(50)61)64-58-26-13-10-22-51(58)53-32-28-43(37-59(53)64)42-17-14-20-45(36-42)62(46-29-27-40-15-6-7-16-41(40)35-46)48-31-34-54-52-23-9-12-25-57(52)63(60(54)39-48)44-18-4-3-5-19-44/h3-39H,1-2H3. The molecular formula is C61H43N3. The van der Waals surface area contributed by atoms with Gasteiger partial charge in [0.2, 0.25) is 0 Å². The number of hydrogen-bond acceptors (Lipinski definition) is 1. The van der Waals surface area contributed by atoms with Gasteiger partial charge in [-0.25, -0.2) is 0 Å². The smallest absolute Gasteiger partial charge is 0.0561 e. The highest BCUT2D eigenvalue weighted by atomic mass is 15.1. The zero-order valence-corrected chi connectivity index (χ0v) is 35.7. The molecule has 0 N–H and O–H groups in total. The molecule has 1 aliphatic rings. The summed E-state index contributed by atoms with van der Waals surface area (Å²) < 4.78 is 4.87. The van der Waals surface area contributed by atoms with Crippen LogP contribution in [-0.4, -0.2) is 9.13 Å². The van der Waals surface area contributed by atoms with Crippen molar-refractivity contribution >= 4 is 71.4 Å². The van der Waals surface area contributed by atoms with Gasteiger partial charge in [0.25, 0.3) is 0 Å². The first kappa shape index (κ1) is 36.5. The molecule has 12 aromatic rings. The lowest BCUT2D eigenvalue weighted by Crippen LogP contribution is -2.15. The number of nitrogens with zero attached hydrogens (tertiary/aromatic N) is 3. The van der Waals surface area contributed by atoms with E-state index in [-0.39, 0.29) is 5.41 Å². The summed E-state index contributed by atoms with van der Waals surface area (Å²) in [5.41, 5.74) is 18.1. The average molecular weight is 818 g/mol. The Labute approximate surface area is 372 Å². The Balaban J connectivity index is 0.987. The molecule has 3 heteroatoms. The third-order valence-electron chi connectivity index (χ3n) is 13.9. The van der Waals surface area contributed by atoms with Gasteiger partial charge >= 0.3 is 0 Å². The average Bonchev–Trinajstić information content (AvgIpc) is 3.94. The first-order valence-electron chi connectivity index (χ1n) is 22.3. The molecule has 13 rings (SSSR count). The molecule has 0 saturated heterocycles. The van der Waals surface area contributed by atoms with Gasteiger partial charge in [-0.05, 0) is 123 Å². The third kappa shape index (κ3) is 5.47. The van der Waals surface area contributed by atoms with Crippen molar-refractivity contribution in [2.75, 3.05) is 4.90 Å². The van der Waals surface area contributed by atoms with Gasteiger partial charge in [0.05, 0.1) is 22.1 Å². The second-order valence-corrected chi connectivity index (χ2v) is 17.8. The molecule has 0 radical (unpaired) electrons. The van der Waals surface area contributed by atoms with Gasteiger partial charge in [-0.2, -0.15) is 0 Å². The highest BCUT2D eigenvalue weighted by Crippen LogP contribution is 2.50. The van der Waals surface area contributed by atoms with Crippen molar-refractivity contribution in [3.05, 3.63) is 236 Å². The summed E-state index contributed by atoms with van der Waals surface area (Å²) in [5.74, 6) is 0. The van der Waals surface area contributed by atoms with Crippen molar-refractivity contribution in [3.8, 4) is 33.6 Å². The molecule has 0 spiro atoms. The van der Waals surface area contributed by atoms with E-state index in [0.717, 1.165) is 28.3 Å². The summed E-state index contributed by atoms with van der Waals surface area (Å²) in [6, 6.07) is 82.8. The number of hydrogen-bond donors (Lipinski definition) is 0. The van der Waals surface area contributed by atoms with Gasteiger partial charge in [-0.1, -0.05) is 159 Å². The molecule has 0 saturated carbocycles. The monoisotopic (exact) mass is 817 g/mol. The van der Waals surface area contributed by atoms with Gasteiger partial charge < -0.3 is 14.0 Å². The molecule has 0 atom stereocenters. The first-order valence-corrected chi connectivity index (χ1v) is 22.3. The summed E-state index contributed by atoms with van der Waals surface area (Å²) in [6.07, 6.45) is 0. The topological polar surface area (TPSA) is 13.1 Å². The molecule has 0 fully saturated rings. The van der Waals surface area contributed by atoms with E-state index in [2.05, 4.69) is 252 Å². The molecule has 302 valence electrons. The van der Waals surface area contributed by atoms with Crippen molar-refractivity contribution in [2.45, 2.75) is 19.3 Å². The van der Waals surface area contributed by atoms with Crippen molar-refractivity contribution in [1.29, 1.82) is 0 Å². The van der Waals surface area contributed by atoms with E-state index in [9.17, 15) is 0 Å². The van der Waals surface area contributed by atoms with Crippen LogP contribution in [-0.2, 0) is 5.41 Å². The SMILES string of the molecule is CC1(C)c2ccccc2-c2ccc(-n3c4ccccc4c4ccc(-c5cccc(N(c6ccc7ccccc7c6)c6ccc7c8ccccc8n(-c8ccccc8)c7c6)c5)cc43)cc21. The number of fused-ring (bicyclic) bond motifs is 10. The van der Waals surface area contributed by atoms with Crippen LogP contribution in [0.25, 0.3) is 88.0 Å². The lowest BCUT2D eigenvalue weighted by Gasteiger charge is -2.27. The molecule has 0 unspecified atom stereocenters. The highest BCUT2D eigenvalue weighted by molar-refractivity contribution is 6.12. The van der Waals surface area contributed by atoms with E-state index in [1.165, 1.54) is 87.9 Å². The molecule has 64 heavy (non-hydrogen) atoms. The Hall–Kier alpha value is -8.14. The predicted molar refractivity (Wildman–Crippen MR) is 270 cm³/mol. The molecule has 0 amide bonds. The number of rotatable bonds is 6. The summed E-state index contributed by atoms with van der Waals surface area (Å²) in [7, 11) is 0. The first-order chi connectivity index (χ1) is 31.5. The fourth-order valence-corrected chi connectivity index (χ4v) is 10.8. The minimum atomic E-state index is -0.0914. The van der Waals surface area contributed by atoms with Crippen LogP contribution in [0.1, 0.15) is 25.0 Å². The Bertz CT molecular complexity index is 3830. The second kappa shape index (κ2) is 13.9. The maximum atomic E-state index is 2.47. The minimum absolute atomic E-state index is 0.0914. The van der Waals surface area contributed by atoms with Crippen molar-refractivity contribution in [2.24, 2.45) is 0 Å².